The molecule has 0 aromatic carbocycles. The van der Waals surface area contributed by atoms with Gasteiger partial charge in [0.2, 0.25) is 0 Å². The van der Waals surface area contributed by atoms with Crippen LogP contribution in [-0.2, 0) is 0 Å². The third kappa shape index (κ3) is 1.84. The average molecular weight is 200 g/mol. The van der Waals surface area contributed by atoms with E-state index in [1.165, 1.54) is 0 Å². The molecule has 0 bridgehead atoms. The number of hydrogen-bond acceptors (Lipinski definition) is 4. The predicted octanol–water partition coefficient (Wildman–Crippen LogP) is 0.504. The van der Waals surface area contributed by atoms with Gasteiger partial charge in [-0.2, -0.15) is 0 Å². The predicted molar refractivity (Wildman–Crippen MR) is 57.6 cm³/mol. The van der Waals surface area contributed by atoms with Crippen molar-refractivity contribution in [3.05, 3.63) is 11.4 Å². The molecule has 0 saturated carbocycles. The minimum atomic E-state index is -0.552. The maximum atomic E-state index is 9.54. The Morgan fingerprint density at radius 3 is 2.62 bits per heavy atom. The van der Waals surface area contributed by atoms with Gasteiger partial charge in [-0.1, -0.05) is 19.1 Å². The van der Waals surface area contributed by atoms with E-state index in [1.807, 2.05) is 19.0 Å². The number of aliphatic hydroxyl groups is 1. The van der Waals surface area contributed by atoms with Crippen molar-refractivity contribution in [2.45, 2.75) is 19.4 Å². The molecule has 3 nitrogen and oxygen atoms in total. The van der Waals surface area contributed by atoms with Crippen LogP contribution in [0.3, 0.4) is 0 Å². The summed E-state index contributed by atoms with van der Waals surface area (Å²) in [5.74, 6) is 0. The fourth-order valence-corrected chi connectivity index (χ4v) is 1.63. The molecular formula is C9H16N2OS. The molecule has 0 radical (unpaired) electrons. The van der Waals surface area contributed by atoms with Crippen molar-refractivity contribution in [1.82, 2.24) is 10.2 Å². The second-order valence-corrected chi connectivity index (χ2v) is 3.79. The summed E-state index contributed by atoms with van der Waals surface area (Å²) in [6.45, 7) is 3.00. The maximum Gasteiger partial charge on any atom is 0.133 e. The quantitative estimate of drug-likeness (QED) is 0.648. The third-order valence-electron chi connectivity index (χ3n) is 2.04. The standard InChI is InChI=1S/C9H16N2OS/c1-4-5-10-6-7(11(2)3)8(12)9(6)13/h8,10,12H,4-5H2,1-3H3. The lowest BCUT2D eigenvalue weighted by molar-refractivity contribution is 0.225. The first-order valence-corrected chi connectivity index (χ1v) is 4.88. The lowest BCUT2D eigenvalue weighted by atomic mass is 9.95. The molecule has 0 saturated heterocycles. The van der Waals surface area contributed by atoms with Crippen LogP contribution in [0.4, 0.5) is 0 Å². The van der Waals surface area contributed by atoms with E-state index in [2.05, 4.69) is 12.2 Å². The Balaban J connectivity index is 2.72. The highest BCUT2D eigenvalue weighted by Crippen LogP contribution is 2.25. The lowest BCUT2D eigenvalue weighted by Crippen LogP contribution is -2.46. The van der Waals surface area contributed by atoms with Crippen LogP contribution in [0.15, 0.2) is 11.4 Å². The highest BCUT2D eigenvalue weighted by atomic mass is 32.1. The molecule has 4 heteroatoms. The molecule has 1 atom stereocenters. The number of rotatable bonds is 4. The second-order valence-electron chi connectivity index (χ2n) is 3.35. The highest BCUT2D eigenvalue weighted by molar-refractivity contribution is 7.81. The van der Waals surface area contributed by atoms with Crippen molar-refractivity contribution >= 4 is 17.1 Å². The fraction of sp³-hybridized carbons (Fsp3) is 0.667. The van der Waals surface area contributed by atoms with Gasteiger partial charge in [0.05, 0.1) is 16.3 Å². The Hall–Kier alpha value is -0.610. The smallest absolute Gasteiger partial charge is 0.133 e. The topological polar surface area (TPSA) is 35.5 Å². The van der Waals surface area contributed by atoms with Crippen LogP contribution >= 0.6 is 12.2 Å². The van der Waals surface area contributed by atoms with Crippen LogP contribution < -0.4 is 5.32 Å². The van der Waals surface area contributed by atoms with Gasteiger partial charge in [0.1, 0.15) is 6.10 Å². The SMILES string of the molecule is CCCNC1=C(N(C)C)C(O)C1=S. The number of likely N-dealkylation sites (N-methyl/N-ethyl adjacent to an activating group) is 1. The van der Waals surface area contributed by atoms with Crippen molar-refractivity contribution in [1.29, 1.82) is 0 Å². The molecule has 0 fully saturated rings. The number of aliphatic hydroxyl groups excluding tert-OH is 1. The minimum absolute atomic E-state index is 0.552. The van der Waals surface area contributed by atoms with E-state index in [-0.39, 0.29) is 0 Å². The summed E-state index contributed by atoms with van der Waals surface area (Å²) in [7, 11) is 3.82. The van der Waals surface area contributed by atoms with E-state index < -0.39 is 6.10 Å². The van der Waals surface area contributed by atoms with Crippen molar-refractivity contribution in [3.8, 4) is 0 Å². The van der Waals surface area contributed by atoms with Gasteiger partial charge in [-0.25, -0.2) is 0 Å². The maximum absolute atomic E-state index is 9.54. The molecule has 1 aliphatic carbocycles. The first-order chi connectivity index (χ1) is 6.09. The van der Waals surface area contributed by atoms with Crippen LogP contribution in [0, 0.1) is 0 Å². The molecule has 2 N–H and O–H groups in total. The van der Waals surface area contributed by atoms with E-state index in [9.17, 15) is 5.11 Å². The summed E-state index contributed by atoms with van der Waals surface area (Å²) < 4.78 is 0. The van der Waals surface area contributed by atoms with Crippen LogP contribution in [0.2, 0.25) is 0 Å². The largest absolute Gasteiger partial charge is 0.383 e. The fourth-order valence-electron chi connectivity index (χ4n) is 1.34. The molecule has 0 spiro atoms. The summed E-state index contributed by atoms with van der Waals surface area (Å²) in [5, 5.41) is 12.8. The number of nitrogens with zero attached hydrogens (tertiary/aromatic N) is 1. The van der Waals surface area contributed by atoms with E-state index in [4.69, 9.17) is 12.2 Å². The lowest BCUT2D eigenvalue weighted by Gasteiger charge is -2.35. The monoisotopic (exact) mass is 200 g/mol. The summed E-state index contributed by atoms with van der Waals surface area (Å²) in [6, 6.07) is 0. The molecule has 13 heavy (non-hydrogen) atoms. The van der Waals surface area contributed by atoms with E-state index in [0.717, 1.165) is 24.4 Å². The normalized spacial score (nSPS) is 21.5. The molecule has 74 valence electrons. The van der Waals surface area contributed by atoms with Crippen LogP contribution in [0.25, 0.3) is 0 Å². The molecular weight excluding hydrogens is 184 g/mol. The van der Waals surface area contributed by atoms with E-state index in [1.54, 1.807) is 0 Å². The number of hydrogen-bond donors (Lipinski definition) is 2. The third-order valence-corrected chi connectivity index (χ3v) is 2.47. The molecule has 1 rings (SSSR count). The molecule has 0 heterocycles. The molecule has 0 aliphatic heterocycles. The van der Waals surface area contributed by atoms with Crippen LogP contribution in [-0.4, -0.2) is 41.6 Å². The van der Waals surface area contributed by atoms with Crippen molar-refractivity contribution < 1.29 is 5.11 Å². The summed E-state index contributed by atoms with van der Waals surface area (Å²) in [6.07, 6.45) is 0.507. The summed E-state index contributed by atoms with van der Waals surface area (Å²) in [4.78, 5) is 2.54. The van der Waals surface area contributed by atoms with Gasteiger partial charge in [-0.05, 0) is 6.42 Å². The van der Waals surface area contributed by atoms with Gasteiger partial charge in [0.15, 0.2) is 0 Å². The van der Waals surface area contributed by atoms with Gasteiger partial charge in [0.25, 0.3) is 0 Å². The molecule has 0 amide bonds. The van der Waals surface area contributed by atoms with Crippen molar-refractivity contribution in [2.75, 3.05) is 20.6 Å². The minimum Gasteiger partial charge on any atom is -0.383 e. The summed E-state index contributed by atoms with van der Waals surface area (Å²) >= 11 is 5.04. The van der Waals surface area contributed by atoms with Gasteiger partial charge >= 0.3 is 0 Å². The molecule has 1 aliphatic rings. The number of nitrogens with one attached hydrogen (secondary N) is 1. The van der Waals surface area contributed by atoms with E-state index in [0.29, 0.717) is 4.86 Å². The zero-order chi connectivity index (χ0) is 10.0. The van der Waals surface area contributed by atoms with Gasteiger partial charge in [-0.3, -0.25) is 0 Å². The average Bonchev–Trinajstić information content (AvgIpc) is 2.09. The van der Waals surface area contributed by atoms with Crippen molar-refractivity contribution in [2.24, 2.45) is 0 Å². The Morgan fingerprint density at radius 1 is 1.54 bits per heavy atom. The van der Waals surface area contributed by atoms with Gasteiger partial charge in [-0.15, -0.1) is 0 Å². The van der Waals surface area contributed by atoms with Crippen molar-refractivity contribution in [3.63, 3.8) is 0 Å². The highest BCUT2D eigenvalue weighted by Gasteiger charge is 2.35. The van der Waals surface area contributed by atoms with Gasteiger partial charge < -0.3 is 15.3 Å². The first kappa shape index (κ1) is 10.5. The Bertz CT molecular complexity index is 248. The first-order valence-electron chi connectivity index (χ1n) is 4.47. The van der Waals surface area contributed by atoms with Crippen LogP contribution in [0.5, 0.6) is 0 Å². The Morgan fingerprint density at radius 2 is 2.15 bits per heavy atom. The van der Waals surface area contributed by atoms with Gasteiger partial charge in [0, 0.05) is 20.6 Å². The number of thiocarbonyl (C=S) groups is 1. The second kappa shape index (κ2) is 4.07. The summed E-state index contributed by atoms with van der Waals surface area (Å²) in [5.41, 5.74) is 1.84. The van der Waals surface area contributed by atoms with E-state index >= 15 is 0 Å². The van der Waals surface area contributed by atoms with Crippen LogP contribution in [0.1, 0.15) is 13.3 Å². The Labute approximate surface area is 84.4 Å². The zero-order valence-corrected chi connectivity index (χ0v) is 9.11. The molecule has 0 aromatic rings. The molecule has 1 unspecified atom stereocenters. The Kier molecular flexibility index (Phi) is 3.27. The molecule has 0 aromatic heterocycles. The zero-order valence-electron chi connectivity index (χ0n) is 8.29.